The molecule has 3 saturated carbocycles. The molecule has 214 valence electrons. The van der Waals surface area contributed by atoms with Gasteiger partial charge in [0.05, 0.1) is 19.3 Å². The molecule has 37 heavy (non-hydrogen) atoms. The molecule has 4 aliphatic carbocycles. The number of hydrogen-bond acceptors (Lipinski definition) is 6. The quantitative estimate of drug-likeness (QED) is 0.219. The van der Waals surface area contributed by atoms with Crippen LogP contribution in [0.15, 0.2) is 11.6 Å². The van der Waals surface area contributed by atoms with E-state index in [1.165, 1.54) is 57.8 Å². The maximum absolute atomic E-state index is 10.2. The molecule has 0 spiro atoms. The van der Waals surface area contributed by atoms with Crippen molar-refractivity contribution in [1.82, 2.24) is 0 Å². The first-order chi connectivity index (χ1) is 17.4. The third-order valence-corrected chi connectivity index (χ3v) is 11.2. The second kappa shape index (κ2) is 13.2. The fourth-order valence-electron chi connectivity index (χ4n) is 8.87. The van der Waals surface area contributed by atoms with E-state index >= 15 is 0 Å². The Bertz CT molecular complexity index is 832. The molecule has 1 unspecified atom stereocenters. The molecule has 7 heteroatoms. The van der Waals surface area contributed by atoms with Crippen molar-refractivity contribution in [1.29, 1.82) is 0 Å². The average molecular weight is 541 g/mol. The minimum atomic E-state index is -2.91. The Kier molecular flexibility index (Phi) is 11.1. The Labute approximate surface area is 225 Å². The third kappa shape index (κ3) is 7.17. The highest BCUT2D eigenvalue weighted by Crippen LogP contribution is 2.67. The van der Waals surface area contributed by atoms with Crippen LogP contribution in [0.3, 0.4) is 0 Å². The van der Waals surface area contributed by atoms with E-state index in [4.69, 9.17) is 10.2 Å². The van der Waals surface area contributed by atoms with Gasteiger partial charge in [-0.3, -0.25) is 4.52 Å². The van der Waals surface area contributed by atoms with Gasteiger partial charge in [0, 0.05) is 0 Å². The normalized spacial score (nSPS) is 38.4. The highest BCUT2D eigenvalue weighted by molar-refractivity contribution is 7.24. The highest BCUT2D eigenvalue weighted by Gasteiger charge is 2.59. The molecule has 0 amide bonds. The van der Waals surface area contributed by atoms with Crippen LogP contribution in [0.1, 0.15) is 105 Å². The maximum Gasteiger partial charge on any atom is 0.468 e. The summed E-state index contributed by atoms with van der Waals surface area (Å²) >= 11 is 0. The standard InChI is InChI=1S/C27H46O.C3H7O5P/c1-18(2)7-6-8-19(3)23-11-12-24-22-10-9-20-17-21(28)13-15-26(20,4)25(22)14-16-27(23,24)5;4-1-3(5)2-8-9(6)7/h9,18-19,21-25,28H,6-8,10-17H2,1-5H3;3-5H,1-2H2/t19-,21+,22+,23-,24+,25+,26+,27-;/m1./s1. The highest BCUT2D eigenvalue weighted by atomic mass is 31.1. The predicted molar refractivity (Wildman–Crippen MR) is 146 cm³/mol. The summed E-state index contributed by atoms with van der Waals surface area (Å²) in [7, 11) is -2.91. The molecule has 3 fully saturated rings. The lowest BCUT2D eigenvalue weighted by molar-refractivity contribution is -0.0573. The molecule has 0 saturated heterocycles. The summed E-state index contributed by atoms with van der Waals surface area (Å²) in [5.74, 6) is 5.46. The Morgan fingerprint density at radius 1 is 1.05 bits per heavy atom. The van der Waals surface area contributed by atoms with Crippen molar-refractivity contribution in [2.24, 2.45) is 46.3 Å². The van der Waals surface area contributed by atoms with Crippen LogP contribution in [0.25, 0.3) is 0 Å². The average Bonchev–Trinajstić information content (AvgIpc) is 3.20. The zero-order chi connectivity index (χ0) is 27.4. The number of aliphatic hydroxyl groups is 3. The van der Waals surface area contributed by atoms with Crippen molar-refractivity contribution >= 4 is 7.91 Å². The molecular weight excluding hydrogens is 487 g/mol. The number of rotatable bonds is 9. The molecule has 0 radical (unpaired) electrons. The smallest absolute Gasteiger partial charge is 0.394 e. The topological polar surface area (TPSA) is 104 Å². The van der Waals surface area contributed by atoms with Crippen molar-refractivity contribution in [3.8, 4) is 0 Å². The van der Waals surface area contributed by atoms with Crippen LogP contribution in [0.4, 0.5) is 0 Å². The lowest BCUT2D eigenvalue weighted by Crippen LogP contribution is -2.50. The summed E-state index contributed by atoms with van der Waals surface area (Å²) in [6, 6.07) is 0. The second-order valence-electron chi connectivity index (χ2n) is 13.5. The summed E-state index contributed by atoms with van der Waals surface area (Å²) < 4.78 is 23.2. The van der Waals surface area contributed by atoms with Gasteiger partial charge in [0.2, 0.25) is 0 Å². The van der Waals surface area contributed by atoms with Crippen LogP contribution in [0.2, 0.25) is 0 Å². The fourth-order valence-corrected chi connectivity index (χ4v) is 9.16. The summed E-state index contributed by atoms with van der Waals surface area (Å²) in [5.41, 5.74) is 2.60. The first-order valence-electron chi connectivity index (χ1n) is 14.9. The van der Waals surface area contributed by atoms with Gasteiger partial charge >= 0.3 is 7.91 Å². The monoisotopic (exact) mass is 540 g/mol. The van der Waals surface area contributed by atoms with Gasteiger partial charge in [0.1, 0.15) is 6.10 Å². The van der Waals surface area contributed by atoms with Crippen LogP contribution in [0, 0.1) is 46.3 Å². The van der Waals surface area contributed by atoms with Crippen molar-refractivity contribution < 1.29 is 29.0 Å². The van der Waals surface area contributed by atoms with Crippen molar-refractivity contribution in [3.05, 3.63) is 11.6 Å². The largest absolute Gasteiger partial charge is 0.468 e. The van der Waals surface area contributed by atoms with Gasteiger partial charge in [-0.2, -0.15) is 0 Å². The molecule has 0 bridgehead atoms. The molecule has 0 aromatic carbocycles. The fraction of sp³-hybridized carbons (Fsp3) is 0.933. The summed E-state index contributed by atoms with van der Waals surface area (Å²) in [6.45, 7) is 11.7. The predicted octanol–water partition coefficient (Wildman–Crippen LogP) is 6.83. The molecule has 9 atom stereocenters. The second-order valence-corrected chi connectivity index (χ2v) is 14.2. The molecule has 3 N–H and O–H groups in total. The minimum absolute atomic E-state index is 0.0766. The van der Waals surface area contributed by atoms with Crippen molar-refractivity contribution in [2.75, 3.05) is 13.2 Å². The van der Waals surface area contributed by atoms with Crippen LogP contribution in [0.5, 0.6) is 0 Å². The molecule has 4 aliphatic rings. The summed E-state index contributed by atoms with van der Waals surface area (Å²) in [6.07, 6.45) is 16.0. The van der Waals surface area contributed by atoms with Gasteiger partial charge in [0.15, 0.2) is 0 Å². The van der Waals surface area contributed by atoms with Gasteiger partial charge in [-0.1, -0.05) is 65.5 Å². The Balaban J connectivity index is 0.000000364. The first kappa shape index (κ1) is 31.0. The van der Waals surface area contributed by atoms with Gasteiger partial charge in [-0.15, -0.1) is 0 Å². The molecule has 0 aliphatic heterocycles. The molecule has 0 aromatic rings. The summed E-state index contributed by atoms with van der Waals surface area (Å²) in [4.78, 5) is 0. The Morgan fingerprint density at radius 2 is 1.78 bits per heavy atom. The Hall–Kier alpha value is -0.520. The van der Waals surface area contributed by atoms with Gasteiger partial charge in [-0.25, -0.2) is 9.13 Å². The molecule has 0 heterocycles. The molecular formula is C30H53O6P. The Morgan fingerprint density at radius 3 is 2.43 bits per heavy atom. The molecule has 0 aromatic heterocycles. The number of allylic oxidation sites excluding steroid dienone is 1. The van der Waals surface area contributed by atoms with E-state index in [2.05, 4.69) is 45.2 Å². The summed E-state index contributed by atoms with van der Waals surface area (Å²) in [5, 5.41) is 26.8. The first-order valence-corrected chi connectivity index (χ1v) is 16.0. The SMILES string of the molecule is CC(C)CCC[C@@H](C)[C@H]1CC[C@H]2[C@@H]3CC=C4C[C@@H](O)CC[C@]4(C)[C@H]3CC[C@]12C.O=P(=O)OCC(O)CO. The van der Waals surface area contributed by atoms with Gasteiger partial charge in [0.25, 0.3) is 0 Å². The van der Waals surface area contributed by atoms with E-state index < -0.39 is 20.6 Å². The van der Waals surface area contributed by atoms with Crippen molar-refractivity contribution in [3.63, 3.8) is 0 Å². The van der Waals surface area contributed by atoms with Crippen LogP contribution in [-0.2, 0) is 13.7 Å². The molecule has 4 rings (SSSR count). The number of hydrogen-bond donors (Lipinski definition) is 3. The van der Waals surface area contributed by atoms with E-state index in [1.54, 1.807) is 5.57 Å². The van der Waals surface area contributed by atoms with Gasteiger partial charge in [-0.05, 0) is 97.7 Å². The number of fused-ring (bicyclic) bond motifs is 5. The van der Waals surface area contributed by atoms with E-state index in [-0.39, 0.29) is 12.7 Å². The van der Waals surface area contributed by atoms with E-state index in [9.17, 15) is 14.2 Å². The van der Waals surface area contributed by atoms with E-state index in [1.807, 2.05) is 0 Å². The van der Waals surface area contributed by atoms with E-state index in [0.29, 0.717) is 10.8 Å². The van der Waals surface area contributed by atoms with Crippen LogP contribution < -0.4 is 0 Å². The lowest BCUT2D eigenvalue weighted by Gasteiger charge is -2.58. The van der Waals surface area contributed by atoms with Crippen LogP contribution in [-0.4, -0.2) is 40.7 Å². The molecule has 6 nitrogen and oxygen atoms in total. The van der Waals surface area contributed by atoms with E-state index in [0.717, 1.165) is 48.3 Å². The minimum Gasteiger partial charge on any atom is -0.394 e. The number of aliphatic hydroxyl groups excluding tert-OH is 3. The zero-order valence-corrected chi connectivity index (χ0v) is 24.8. The lowest BCUT2D eigenvalue weighted by atomic mass is 9.47. The maximum atomic E-state index is 10.2. The zero-order valence-electron chi connectivity index (χ0n) is 23.9. The van der Waals surface area contributed by atoms with Crippen molar-refractivity contribution in [2.45, 2.75) is 117 Å². The van der Waals surface area contributed by atoms with Crippen LogP contribution >= 0.6 is 7.91 Å². The van der Waals surface area contributed by atoms with Gasteiger partial charge < -0.3 is 15.3 Å². The third-order valence-electron chi connectivity index (χ3n) is 10.9.